The molecule has 0 saturated carbocycles. The van der Waals surface area contributed by atoms with Crippen LogP contribution >= 0.6 is 0 Å². The van der Waals surface area contributed by atoms with Crippen LogP contribution in [0.3, 0.4) is 0 Å². The minimum absolute atomic E-state index is 0.0588. The Labute approximate surface area is 187 Å². The van der Waals surface area contributed by atoms with Gasteiger partial charge in [0, 0.05) is 50.9 Å². The molecule has 2 fully saturated rings. The van der Waals surface area contributed by atoms with Crippen molar-refractivity contribution in [3.63, 3.8) is 0 Å². The van der Waals surface area contributed by atoms with Gasteiger partial charge in [0.2, 0.25) is 5.91 Å². The molecule has 0 atom stereocenters. The van der Waals surface area contributed by atoms with E-state index in [-0.39, 0.29) is 30.2 Å². The SMILES string of the molecule is Cc1nn(C)cc1CN1C(=O)c2cccc(N3CCC(C(=O)N4CCCC4)CC3)c2C1=O. The summed E-state index contributed by atoms with van der Waals surface area (Å²) in [6, 6.07) is 5.50. The lowest BCUT2D eigenvalue weighted by Gasteiger charge is -2.35. The Bertz CT molecular complexity index is 1080. The van der Waals surface area contributed by atoms with Crippen molar-refractivity contribution in [1.82, 2.24) is 19.6 Å². The van der Waals surface area contributed by atoms with Crippen LogP contribution in [0.25, 0.3) is 0 Å². The Kier molecular flexibility index (Phi) is 5.23. The van der Waals surface area contributed by atoms with E-state index in [0.29, 0.717) is 24.2 Å². The number of carbonyl (C=O) groups excluding carboxylic acids is 3. The summed E-state index contributed by atoms with van der Waals surface area (Å²) in [5.41, 5.74) is 3.44. The van der Waals surface area contributed by atoms with Crippen LogP contribution in [0.15, 0.2) is 24.4 Å². The number of hydrogen-bond donors (Lipinski definition) is 0. The lowest BCUT2D eigenvalue weighted by atomic mass is 9.94. The average molecular weight is 436 g/mol. The number of anilines is 1. The summed E-state index contributed by atoms with van der Waals surface area (Å²) in [4.78, 5) is 44.6. The Morgan fingerprint density at radius 1 is 1.06 bits per heavy atom. The predicted octanol–water partition coefficient (Wildman–Crippen LogP) is 2.36. The summed E-state index contributed by atoms with van der Waals surface area (Å²) >= 11 is 0. The third-order valence-corrected chi connectivity index (χ3v) is 7.02. The summed E-state index contributed by atoms with van der Waals surface area (Å²) in [7, 11) is 1.83. The Hall–Kier alpha value is -3.16. The van der Waals surface area contributed by atoms with E-state index in [4.69, 9.17) is 0 Å². The molecule has 8 nitrogen and oxygen atoms in total. The van der Waals surface area contributed by atoms with E-state index in [9.17, 15) is 14.4 Å². The van der Waals surface area contributed by atoms with E-state index in [1.54, 1.807) is 10.7 Å². The third-order valence-electron chi connectivity index (χ3n) is 7.02. The number of imide groups is 1. The highest BCUT2D eigenvalue weighted by atomic mass is 16.2. The number of nitrogens with zero attached hydrogens (tertiary/aromatic N) is 5. The molecular weight excluding hydrogens is 406 g/mol. The minimum atomic E-state index is -0.255. The van der Waals surface area contributed by atoms with Gasteiger partial charge in [0.15, 0.2) is 0 Å². The molecule has 2 aromatic rings. The van der Waals surface area contributed by atoms with E-state index < -0.39 is 0 Å². The smallest absolute Gasteiger partial charge is 0.263 e. The van der Waals surface area contributed by atoms with Crippen molar-refractivity contribution < 1.29 is 14.4 Å². The second-order valence-electron chi connectivity index (χ2n) is 9.10. The van der Waals surface area contributed by atoms with Gasteiger partial charge in [-0.2, -0.15) is 5.10 Å². The van der Waals surface area contributed by atoms with Crippen molar-refractivity contribution >= 4 is 23.4 Å². The van der Waals surface area contributed by atoms with Gasteiger partial charge in [-0.1, -0.05) is 6.07 Å². The highest BCUT2D eigenvalue weighted by Gasteiger charge is 2.39. The summed E-state index contributed by atoms with van der Waals surface area (Å²) in [6.07, 6.45) is 5.61. The second-order valence-corrected chi connectivity index (χ2v) is 9.10. The van der Waals surface area contributed by atoms with Crippen molar-refractivity contribution in [2.45, 2.75) is 39.2 Å². The number of aryl methyl sites for hydroxylation is 2. The molecule has 0 spiro atoms. The Morgan fingerprint density at radius 3 is 2.44 bits per heavy atom. The maximum atomic E-state index is 13.3. The minimum Gasteiger partial charge on any atom is -0.371 e. The van der Waals surface area contributed by atoms with E-state index in [0.717, 1.165) is 55.7 Å². The third kappa shape index (κ3) is 3.47. The van der Waals surface area contributed by atoms with Crippen LogP contribution in [0.4, 0.5) is 5.69 Å². The molecule has 1 aromatic heterocycles. The molecule has 0 aliphatic carbocycles. The quantitative estimate of drug-likeness (QED) is 0.689. The van der Waals surface area contributed by atoms with E-state index in [2.05, 4.69) is 10.00 Å². The number of fused-ring (bicyclic) bond motifs is 1. The molecule has 168 valence electrons. The van der Waals surface area contributed by atoms with Gasteiger partial charge in [-0.3, -0.25) is 24.0 Å². The zero-order valence-corrected chi connectivity index (χ0v) is 18.7. The molecule has 1 aromatic carbocycles. The Balaban J connectivity index is 1.33. The number of benzene rings is 1. The predicted molar refractivity (Wildman–Crippen MR) is 119 cm³/mol. The van der Waals surface area contributed by atoms with Crippen LogP contribution in [-0.4, -0.2) is 63.5 Å². The van der Waals surface area contributed by atoms with Crippen LogP contribution in [0, 0.1) is 12.8 Å². The fourth-order valence-corrected chi connectivity index (χ4v) is 5.26. The molecule has 5 rings (SSSR count). The van der Waals surface area contributed by atoms with Crippen molar-refractivity contribution in [2.24, 2.45) is 13.0 Å². The first kappa shape index (κ1) is 20.7. The highest BCUT2D eigenvalue weighted by molar-refractivity contribution is 6.23. The highest BCUT2D eigenvalue weighted by Crippen LogP contribution is 2.35. The fourth-order valence-electron chi connectivity index (χ4n) is 5.26. The first-order valence-electron chi connectivity index (χ1n) is 11.5. The van der Waals surface area contributed by atoms with Gasteiger partial charge in [0.05, 0.1) is 29.1 Å². The summed E-state index contributed by atoms with van der Waals surface area (Å²) in [5, 5.41) is 4.32. The molecule has 0 radical (unpaired) electrons. The molecule has 32 heavy (non-hydrogen) atoms. The van der Waals surface area contributed by atoms with E-state index in [1.165, 1.54) is 4.90 Å². The van der Waals surface area contributed by atoms with Gasteiger partial charge in [0.25, 0.3) is 11.8 Å². The number of piperidine rings is 1. The zero-order valence-electron chi connectivity index (χ0n) is 18.7. The molecule has 0 N–H and O–H groups in total. The van der Waals surface area contributed by atoms with Crippen LogP contribution in [0.5, 0.6) is 0 Å². The lowest BCUT2D eigenvalue weighted by molar-refractivity contribution is -0.135. The molecule has 3 aliphatic rings. The largest absolute Gasteiger partial charge is 0.371 e. The second kappa shape index (κ2) is 8.07. The molecular formula is C24H29N5O3. The first-order chi connectivity index (χ1) is 15.4. The van der Waals surface area contributed by atoms with Crippen molar-refractivity contribution in [3.8, 4) is 0 Å². The number of likely N-dealkylation sites (tertiary alicyclic amines) is 1. The maximum Gasteiger partial charge on any atom is 0.263 e. The van der Waals surface area contributed by atoms with Gasteiger partial charge in [-0.05, 0) is 44.7 Å². The number of amides is 3. The number of aromatic nitrogens is 2. The summed E-state index contributed by atoms with van der Waals surface area (Å²) in [6.45, 7) is 5.29. The molecule has 0 bridgehead atoms. The zero-order chi connectivity index (χ0) is 22.4. The van der Waals surface area contributed by atoms with Gasteiger partial charge in [-0.15, -0.1) is 0 Å². The van der Waals surface area contributed by atoms with Crippen LogP contribution in [0.1, 0.15) is 57.7 Å². The van der Waals surface area contributed by atoms with Crippen molar-refractivity contribution in [3.05, 3.63) is 46.8 Å². The van der Waals surface area contributed by atoms with Gasteiger partial charge < -0.3 is 9.80 Å². The number of rotatable bonds is 4. The molecule has 3 amide bonds. The lowest BCUT2D eigenvalue weighted by Crippen LogP contribution is -2.42. The molecule has 8 heteroatoms. The molecule has 3 aliphatic heterocycles. The average Bonchev–Trinajstić information content (AvgIpc) is 3.50. The first-order valence-corrected chi connectivity index (χ1v) is 11.5. The normalized spacial score (nSPS) is 19.2. The molecule has 2 saturated heterocycles. The Morgan fingerprint density at radius 2 is 1.78 bits per heavy atom. The van der Waals surface area contributed by atoms with Crippen molar-refractivity contribution in [1.29, 1.82) is 0 Å². The molecule has 4 heterocycles. The topological polar surface area (TPSA) is 78.8 Å². The summed E-state index contributed by atoms with van der Waals surface area (Å²) < 4.78 is 1.70. The fraction of sp³-hybridized carbons (Fsp3) is 0.500. The van der Waals surface area contributed by atoms with Crippen LogP contribution in [-0.2, 0) is 18.4 Å². The molecule has 0 unspecified atom stereocenters. The van der Waals surface area contributed by atoms with Gasteiger partial charge >= 0.3 is 0 Å². The maximum absolute atomic E-state index is 13.3. The number of carbonyl (C=O) groups is 3. The van der Waals surface area contributed by atoms with Crippen LogP contribution in [0.2, 0.25) is 0 Å². The summed E-state index contributed by atoms with van der Waals surface area (Å²) in [5.74, 6) is -0.165. The van der Waals surface area contributed by atoms with E-state index >= 15 is 0 Å². The van der Waals surface area contributed by atoms with Crippen LogP contribution < -0.4 is 4.90 Å². The number of hydrogen-bond acceptors (Lipinski definition) is 5. The van der Waals surface area contributed by atoms with Crippen molar-refractivity contribution in [2.75, 3.05) is 31.1 Å². The van der Waals surface area contributed by atoms with Gasteiger partial charge in [0.1, 0.15) is 0 Å². The van der Waals surface area contributed by atoms with Gasteiger partial charge in [-0.25, -0.2) is 0 Å². The standard InChI is InChI=1S/C24H29N5O3/c1-16-18(14-26(2)25-16)15-29-23(31)19-6-5-7-20(21(19)24(29)32)27-12-8-17(9-13-27)22(30)28-10-3-4-11-28/h5-7,14,17H,3-4,8-13,15H2,1-2H3. The van der Waals surface area contributed by atoms with E-state index in [1.807, 2.05) is 37.2 Å². The monoisotopic (exact) mass is 435 g/mol.